The predicted molar refractivity (Wildman–Crippen MR) is 70.1 cm³/mol. The molecular formula is C12H9N3O4. The third-order valence-corrected chi connectivity index (χ3v) is 2.50. The molecule has 0 radical (unpaired) electrons. The van der Waals surface area contributed by atoms with Crippen LogP contribution in [0.3, 0.4) is 0 Å². The van der Waals surface area contributed by atoms with Gasteiger partial charge < -0.3 is 4.98 Å². The summed E-state index contributed by atoms with van der Waals surface area (Å²) in [5.74, 6) is 0. The van der Waals surface area contributed by atoms with E-state index in [2.05, 4.69) is 4.98 Å². The molecule has 0 aliphatic rings. The molecule has 1 heterocycles. The van der Waals surface area contributed by atoms with Gasteiger partial charge in [-0.3, -0.25) is 20.2 Å². The molecule has 0 aliphatic heterocycles. The fourth-order valence-corrected chi connectivity index (χ4v) is 1.66. The molecule has 0 aliphatic carbocycles. The van der Waals surface area contributed by atoms with Crippen LogP contribution in [0.5, 0.6) is 0 Å². The molecule has 0 atom stereocenters. The maximum Gasteiger partial charge on any atom is 0.270 e. The van der Waals surface area contributed by atoms with Gasteiger partial charge in [-0.1, -0.05) is 12.2 Å². The van der Waals surface area contributed by atoms with Crippen LogP contribution < -0.4 is 0 Å². The number of nitrogens with zero attached hydrogens (tertiary/aromatic N) is 2. The Kier molecular flexibility index (Phi) is 3.37. The van der Waals surface area contributed by atoms with Crippen molar-refractivity contribution in [1.29, 1.82) is 0 Å². The Hall–Kier alpha value is -2.96. The average Bonchev–Trinajstić information content (AvgIpc) is 2.76. The van der Waals surface area contributed by atoms with E-state index in [-0.39, 0.29) is 5.69 Å². The van der Waals surface area contributed by atoms with E-state index in [0.29, 0.717) is 5.39 Å². The second-order valence-electron chi connectivity index (χ2n) is 3.72. The van der Waals surface area contributed by atoms with Gasteiger partial charge in [0, 0.05) is 35.3 Å². The highest BCUT2D eigenvalue weighted by molar-refractivity contribution is 5.90. The number of nitro groups is 2. The monoisotopic (exact) mass is 259 g/mol. The molecule has 0 amide bonds. The molecule has 0 unspecified atom stereocenters. The minimum Gasteiger partial charge on any atom is -0.361 e. The van der Waals surface area contributed by atoms with Crippen LogP contribution in [0.15, 0.2) is 42.7 Å². The summed E-state index contributed by atoms with van der Waals surface area (Å²) < 4.78 is 0. The lowest BCUT2D eigenvalue weighted by Crippen LogP contribution is -1.86. The number of aromatic nitrogens is 1. The van der Waals surface area contributed by atoms with E-state index in [1.807, 2.05) is 0 Å². The molecule has 0 bridgehead atoms. The van der Waals surface area contributed by atoms with E-state index in [0.717, 1.165) is 17.3 Å². The second-order valence-corrected chi connectivity index (χ2v) is 3.72. The summed E-state index contributed by atoms with van der Waals surface area (Å²) in [5.41, 5.74) is 1.50. The summed E-state index contributed by atoms with van der Waals surface area (Å²) in [6.07, 6.45) is 6.93. The molecule has 96 valence electrons. The second kappa shape index (κ2) is 5.13. The summed E-state index contributed by atoms with van der Waals surface area (Å²) in [6, 6.07) is 4.50. The van der Waals surface area contributed by atoms with Crippen molar-refractivity contribution in [3.8, 4) is 0 Å². The van der Waals surface area contributed by atoms with Crippen LogP contribution in [0, 0.1) is 20.2 Å². The van der Waals surface area contributed by atoms with Crippen LogP contribution in [0.1, 0.15) is 5.56 Å². The zero-order valence-corrected chi connectivity index (χ0v) is 9.65. The van der Waals surface area contributed by atoms with E-state index >= 15 is 0 Å². The number of rotatable bonds is 4. The third kappa shape index (κ3) is 2.83. The Morgan fingerprint density at radius 3 is 2.63 bits per heavy atom. The summed E-state index contributed by atoms with van der Waals surface area (Å²) in [4.78, 5) is 22.7. The zero-order valence-electron chi connectivity index (χ0n) is 9.65. The number of hydrogen-bond donors (Lipinski definition) is 1. The number of nitro benzene ring substituents is 1. The number of allylic oxidation sites excluding steroid dienone is 2. The SMILES string of the molecule is O=[N+]([O-])/C=C/C=C/c1c[nH]c2ccc([N+](=O)[O-])cc12. The highest BCUT2D eigenvalue weighted by Crippen LogP contribution is 2.24. The first-order valence-electron chi connectivity index (χ1n) is 5.32. The smallest absolute Gasteiger partial charge is 0.270 e. The lowest BCUT2D eigenvalue weighted by molar-refractivity contribution is -0.402. The van der Waals surface area contributed by atoms with Crippen molar-refractivity contribution in [3.63, 3.8) is 0 Å². The number of H-pyrrole nitrogens is 1. The maximum absolute atomic E-state index is 10.7. The molecule has 19 heavy (non-hydrogen) atoms. The van der Waals surface area contributed by atoms with Crippen LogP contribution in [0.25, 0.3) is 17.0 Å². The van der Waals surface area contributed by atoms with Crippen molar-refractivity contribution < 1.29 is 9.85 Å². The number of benzene rings is 1. The number of nitrogens with one attached hydrogen (secondary N) is 1. The van der Waals surface area contributed by atoms with Gasteiger partial charge in [0.2, 0.25) is 6.20 Å². The van der Waals surface area contributed by atoms with Crippen LogP contribution in [-0.4, -0.2) is 14.8 Å². The van der Waals surface area contributed by atoms with Gasteiger partial charge in [0.25, 0.3) is 5.69 Å². The summed E-state index contributed by atoms with van der Waals surface area (Å²) in [6.45, 7) is 0. The standard InChI is InChI=1S/C12H9N3O4/c16-14(17)6-2-1-3-9-8-13-12-5-4-10(15(18)19)7-11(9)12/h1-8,13H/b3-1+,6-2+. The van der Waals surface area contributed by atoms with Crippen molar-refractivity contribution in [2.45, 2.75) is 0 Å². The Balaban J connectivity index is 2.36. The van der Waals surface area contributed by atoms with Crippen molar-refractivity contribution in [1.82, 2.24) is 4.98 Å². The van der Waals surface area contributed by atoms with Crippen molar-refractivity contribution in [2.75, 3.05) is 0 Å². The largest absolute Gasteiger partial charge is 0.361 e. The normalized spacial score (nSPS) is 11.6. The molecule has 0 fully saturated rings. The minimum absolute atomic E-state index is 0.00239. The highest BCUT2D eigenvalue weighted by atomic mass is 16.6. The summed E-state index contributed by atoms with van der Waals surface area (Å²) in [5, 5.41) is 21.5. The molecule has 1 aromatic carbocycles. The Morgan fingerprint density at radius 2 is 1.95 bits per heavy atom. The van der Waals surface area contributed by atoms with Crippen LogP contribution in [0.4, 0.5) is 5.69 Å². The van der Waals surface area contributed by atoms with Crippen molar-refractivity contribution in [3.05, 3.63) is 68.5 Å². The molecule has 0 saturated heterocycles. The summed E-state index contributed by atoms with van der Waals surface area (Å²) in [7, 11) is 0. The van der Waals surface area contributed by atoms with Gasteiger partial charge in [-0.2, -0.15) is 0 Å². The van der Waals surface area contributed by atoms with Crippen LogP contribution >= 0.6 is 0 Å². The highest BCUT2D eigenvalue weighted by Gasteiger charge is 2.08. The van der Waals surface area contributed by atoms with E-state index < -0.39 is 9.85 Å². The topological polar surface area (TPSA) is 102 Å². The molecule has 2 rings (SSSR count). The Labute approximate surface area is 107 Å². The van der Waals surface area contributed by atoms with Gasteiger partial charge in [-0.25, -0.2) is 0 Å². The molecule has 1 N–H and O–H groups in total. The van der Waals surface area contributed by atoms with Crippen molar-refractivity contribution >= 4 is 22.7 Å². The quantitative estimate of drug-likeness (QED) is 0.518. The van der Waals surface area contributed by atoms with Crippen molar-refractivity contribution in [2.24, 2.45) is 0 Å². The number of non-ortho nitro benzene ring substituents is 1. The van der Waals surface area contributed by atoms with Crippen LogP contribution in [0.2, 0.25) is 0 Å². The molecular weight excluding hydrogens is 250 g/mol. The minimum atomic E-state index is -0.565. The third-order valence-electron chi connectivity index (χ3n) is 2.50. The van der Waals surface area contributed by atoms with E-state index in [1.54, 1.807) is 18.3 Å². The van der Waals surface area contributed by atoms with Gasteiger partial charge in [-0.05, 0) is 11.6 Å². The molecule has 7 heteroatoms. The first kappa shape index (κ1) is 12.5. The van der Waals surface area contributed by atoms with Gasteiger partial charge in [0.15, 0.2) is 0 Å². The molecule has 1 aromatic heterocycles. The summed E-state index contributed by atoms with van der Waals surface area (Å²) >= 11 is 0. The molecule has 0 saturated carbocycles. The zero-order chi connectivity index (χ0) is 13.8. The van der Waals surface area contributed by atoms with E-state index in [4.69, 9.17) is 0 Å². The van der Waals surface area contributed by atoms with Gasteiger partial charge in [-0.15, -0.1) is 0 Å². The fraction of sp³-hybridized carbons (Fsp3) is 0. The Morgan fingerprint density at radius 1 is 1.16 bits per heavy atom. The molecule has 7 nitrogen and oxygen atoms in total. The first-order valence-corrected chi connectivity index (χ1v) is 5.32. The average molecular weight is 259 g/mol. The number of hydrogen-bond acceptors (Lipinski definition) is 4. The van der Waals surface area contributed by atoms with Gasteiger partial charge in [0.1, 0.15) is 0 Å². The van der Waals surface area contributed by atoms with Crippen LogP contribution in [-0.2, 0) is 0 Å². The molecule has 0 spiro atoms. The number of aromatic amines is 1. The fourth-order valence-electron chi connectivity index (χ4n) is 1.66. The first-order chi connectivity index (χ1) is 9.08. The van der Waals surface area contributed by atoms with Gasteiger partial charge in [0.05, 0.1) is 9.85 Å². The molecule has 2 aromatic rings. The van der Waals surface area contributed by atoms with Gasteiger partial charge >= 0.3 is 0 Å². The lowest BCUT2D eigenvalue weighted by Gasteiger charge is -1.93. The van der Waals surface area contributed by atoms with E-state index in [9.17, 15) is 20.2 Å². The maximum atomic E-state index is 10.7. The predicted octanol–water partition coefficient (Wildman–Crippen LogP) is 2.88. The Bertz CT molecular complexity index is 700. The van der Waals surface area contributed by atoms with E-state index in [1.165, 1.54) is 24.3 Å². The lowest BCUT2D eigenvalue weighted by atomic mass is 10.1. The number of fused-ring (bicyclic) bond motifs is 1.